The highest BCUT2D eigenvalue weighted by atomic mass is 32.2. The molecule has 7 nitrogen and oxygen atoms in total. The van der Waals surface area contributed by atoms with Crippen LogP contribution in [-0.4, -0.2) is 44.1 Å². The number of benzene rings is 1. The highest BCUT2D eigenvalue weighted by molar-refractivity contribution is 8.00. The molecule has 1 aromatic heterocycles. The molecule has 2 aromatic rings. The lowest BCUT2D eigenvalue weighted by Crippen LogP contribution is -2.49. The molecule has 2 bridgehead atoms. The van der Waals surface area contributed by atoms with Crippen molar-refractivity contribution >= 4 is 40.9 Å². The van der Waals surface area contributed by atoms with Crippen LogP contribution in [0.4, 0.5) is 4.39 Å². The van der Waals surface area contributed by atoms with E-state index in [2.05, 4.69) is 4.98 Å². The fourth-order valence-corrected chi connectivity index (χ4v) is 9.94. The molecule has 2 aliphatic heterocycles. The maximum Gasteiger partial charge on any atom is 0.327 e. The molecule has 3 fully saturated rings. The number of H-pyrrole nitrogens is 1. The maximum absolute atomic E-state index is 13.7. The Kier molecular flexibility index (Phi) is 4.87. The number of nitrogens with zero attached hydrogens (tertiary/aromatic N) is 1. The SMILES string of the molecule is CC(C)[C@H](C(=O)O)N1C(=O)[C@H]2[C@@H]3C[C@@H]([C@@H]2C1=O)[C@H]1[C@H](c2ccc(F)cc2)c2sc(=O)[nH]c2S[C@H]31. The Balaban J connectivity index is 1.44. The van der Waals surface area contributed by atoms with Gasteiger partial charge in [0.25, 0.3) is 0 Å². The Labute approximate surface area is 202 Å². The lowest BCUT2D eigenvalue weighted by molar-refractivity contribution is -0.157. The molecule has 6 rings (SSSR count). The lowest BCUT2D eigenvalue weighted by atomic mass is 9.68. The summed E-state index contributed by atoms with van der Waals surface area (Å²) in [6.45, 7) is 3.41. The molecule has 1 saturated heterocycles. The molecule has 2 saturated carbocycles. The van der Waals surface area contributed by atoms with Gasteiger partial charge in [0, 0.05) is 16.0 Å². The van der Waals surface area contributed by atoms with Crippen LogP contribution in [0.15, 0.2) is 34.1 Å². The van der Waals surface area contributed by atoms with Gasteiger partial charge in [-0.1, -0.05) is 37.3 Å². The summed E-state index contributed by atoms with van der Waals surface area (Å²) in [5.41, 5.74) is 0.886. The average Bonchev–Trinajstić information content (AvgIpc) is 3.49. The number of rotatable bonds is 4. The zero-order chi connectivity index (χ0) is 24.0. The van der Waals surface area contributed by atoms with Gasteiger partial charge in [-0.2, -0.15) is 0 Å². The summed E-state index contributed by atoms with van der Waals surface area (Å²) >= 11 is 2.72. The minimum atomic E-state index is -1.18. The Bertz CT molecular complexity index is 1270. The second kappa shape index (κ2) is 7.52. The van der Waals surface area contributed by atoms with Crippen LogP contribution in [0.3, 0.4) is 0 Å². The van der Waals surface area contributed by atoms with E-state index in [1.54, 1.807) is 37.7 Å². The third kappa shape index (κ3) is 2.87. The largest absolute Gasteiger partial charge is 0.480 e. The van der Waals surface area contributed by atoms with Gasteiger partial charge in [-0.15, -0.1) is 11.8 Å². The first-order valence-corrected chi connectivity index (χ1v) is 13.1. The summed E-state index contributed by atoms with van der Waals surface area (Å²) < 4.78 is 13.7. The molecule has 10 heteroatoms. The Morgan fingerprint density at radius 2 is 1.76 bits per heavy atom. The number of carbonyl (C=O) groups excluding carboxylic acids is 2. The van der Waals surface area contributed by atoms with Crippen LogP contribution in [0.1, 0.15) is 36.6 Å². The van der Waals surface area contributed by atoms with Crippen molar-refractivity contribution in [1.29, 1.82) is 0 Å². The topological polar surface area (TPSA) is 108 Å². The van der Waals surface area contributed by atoms with E-state index in [4.69, 9.17) is 0 Å². The van der Waals surface area contributed by atoms with Crippen molar-refractivity contribution < 1.29 is 23.9 Å². The number of thiazole rings is 1. The number of amides is 2. The van der Waals surface area contributed by atoms with Crippen molar-refractivity contribution in [1.82, 2.24) is 9.88 Å². The van der Waals surface area contributed by atoms with E-state index < -0.39 is 29.8 Å². The molecule has 2 N–H and O–H groups in total. The molecule has 0 radical (unpaired) electrons. The number of hydrogen-bond donors (Lipinski definition) is 2. The molecule has 4 aliphatic rings. The highest BCUT2D eigenvalue weighted by Gasteiger charge is 2.70. The standard InChI is InChI=1S/C24H23FN2O5S2/c1-8(2)17(23(30)31)27-21(28)15-11-7-12(16(15)22(27)29)18-14(11)13(9-3-5-10(25)6-4-9)19-20(33-18)26-24(32)34-19/h3-6,8,11-18H,7H2,1-2H3,(H,26,32)(H,30,31)/t11-,12+,13+,14+,15+,16+,17-,18-/m1/s1. The number of fused-ring (bicyclic) bond motifs is 9. The van der Waals surface area contributed by atoms with Gasteiger partial charge in [0.2, 0.25) is 11.8 Å². The molecule has 0 spiro atoms. The molecular formula is C24H23FN2O5S2. The molecule has 3 heterocycles. The normalized spacial score (nSPS) is 34.4. The van der Waals surface area contributed by atoms with Gasteiger partial charge in [-0.05, 0) is 47.8 Å². The molecular weight excluding hydrogens is 479 g/mol. The maximum atomic E-state index is 13.7. The zero-order valence-electron chi connectivity index (χ0n) is 18.4. The van der Waals surface area contributed by atoms with E-state index in [-0.39, 0.29) is 51.4 Å². The number of aromatic amines is 1. The van der Waals surface area contributed by atoms with Crippen LogP contribution in [-0.2, 0) is 14.4 Å². The summed E-state index contributed by atoms with van der Waals surface area (Å²) in [5, 5.41) is 10.6. The van der Waals surface area contributed by atoms with Gasteiger partial charge in [0.1, 0.15) is 11.9 Å². The number of hydrogen-bond acceptors (Lipinski definition) is 6. The van der Waals surface area contributed by atoms with Crippen LogP contribution >= 0.6 is 23.1 Å². The molecule has 2 amide bonds. The van der Waals surface area contributed by atoms with Crippen LogP contribution in [0.5, 0.6) is 0 Å². The summed E-state index contributed by atoms with van der Waals surface area (Å²) in [4.78, 5) is 56.0. The van der Waals surface area contributed by atoms with Crippen LogP contribution in [0, 0.1) is 41.3 Å². The molecule has 2 aliphatic carbocycles. The Morgan fingerprint density at radius 1 is 1.12 bits per heavy atom. The van der Waals surface area contributed by atoms with Crippen LogP contribution in [0.2, 0.25) is 0 Å². The molecule has 0 unspecified atom stereocenters. The Morgan fingerprint density at radius 3 is 2.38 bits per heavy atom. The number of carboxylic acids is 1. The second-order valence-electron chi connectivity index (χ2n) is 10.1. The number of halogens is 1. The van der Waals surface area contributed by atoms with Gasteiger partial charge in [-0.25, -0.2) is 9.18 Å². The number of carboxylic acid groups (broad SMARTS) is 1. The predicted octanol–water partition coefficient (Wildman–Crippen LogP) is 3.16. The van der Waals surface area contributed by atoms with E-state index >= 15 is 0 Å². The minimum Gasteiger partial charge on any atom is -0.480 e. The van der Waals surface area contributed by atoms with Crippen molar-refractivity contribution in [3.63, 3.8) is 0 Å². The van der Waals surface area contributed by atoms with E-state index in [9.17, 15) is 28.7 Å². The monoisotopic (exact) mass is 502 g/mol. The second-order valence-corrected chi connectivity index (χ2v) is 12.3. The summed E-state index contributed by atoms with van der Waals surface area (Å²) in [6.07, 6.45) is 0.721. The van der Waals surface area contributed by atoms with Crippen molar-refractivity contribution in [2.75, 3.05) is 0 Å². The molecule has 8 atom stereocenters. The van der Waals surface area contributed by atoms with Gasteiger partial charge in [-0.3, -0.25) is 19.3 Å². The number of thioether (sulfide) groups is 1. The quantitative estimate of drug-likeness (QED) is 0.622. The first kappa shape index (κ1) is 22.0. The van der Waals surface area contributed by atoms with Crippen molar-refractivity contribution in [2.24, 2.45) is 35.5 Å². The minimum absolute atomic E-state index is 0.000288. The van der Waals surface area contributed by atoms with Gasteiger partial charge in [0.05, 0.1) is 16.9 Å². The average molecular weight is 503 g/mol. The van der Waals surface area contributed by atoms with E-state index in [0.717, 1.165) is 38.1 Å². The number of likely N-dealkylation sites (tertiary alicyclic amines) is 1. The van der Waals surface area contributed by atoms with Crippen LogP contribution in [0.25, 0.3) is 0 Å². The van der Waals surface area contributed by atoms with E-state index in [0.29, 0.717) is 0 Å². The summed E-state index contributed by atoms with van der Waals surface area (Å²) in [5.74, 6) is -4.08. The molecule has 34 heavy (non-hydrogen) atoms. The first-order valence-electron chi connectivity index (χ1n) is 11.4. The van der Waals surface area contributed by atoms with Gasteiger partial charge < -0.3 is 10.1 Å². The van der Waals surface area contributed by atoms with Crippen molar-refractivity contribution in [2.45, 2.75) is 42.5 Å². The molecule has 1 aromatic carbocycles. The number of aliphatic carboxylic acids is 1. The third-order valence-corrected chi connectivity index (χ3v) is 10.7. The van der Waals surface area contributed by atoms with Gasteiger partial charge in [0.15, 0.2) is 0 Å². The zero-order valence-corrected chi connectivity index (χ0v) is 20.1. The first-order chi connectivity index (χ1) is 16.2. The predicted molar refractivity (Wildman–Crippen MR) is 123 cm³/mol. The number of nitrogens with one attached hydrogen (secondary N) is 1. The summed E-state index contributed by atoms with van der Waals surface area (Å²) in [7, 11) is 0. The van der Waals surface area contributed by atoms with Crippen molar-refractivity contribution in [3.8, 4) is 0 Å². The molecule has 178 valence electrons. The number of aromatic nitrogens is 1. The van der Waals surface area contributed by atoms with Crippen LogP contribution < -0.4 is 4.87 Å². The fourth-order valence-electron chi connectivity index (χ4n) is 7.05. The smallest absolute Gasteiger partial charge is 0.327 e. The Hall–Kier alpha value is -2.46. The fraction of sp³-hybridized carbons (Fsp3) is 0.500. The summed E-state index contributed by atoms with van der Waals surface area (Å²) in [6, 6.07) is 5.10. The lowest BCUT2D eigenvalue weighted by Gasteiger charge is -2.43. The van der Waals surface area contributed by atoms with Gasteiger partial charge >= 0.3 is 10.8 Å². The third-order valence-electron chi connectivity index (χ3n) is 8.15. The van der Waals surface area contributed by atoms with Crippen molar-refractivity contribution in [3.05, 3.63) is 50.2 Å². The van der Waals surface area contributed by atoms with E-state index in [1.807, 2.05) is 0 Å². The van der Waals surface area contributed by atoms with E-state index in [1.165, 1.54) is 12.1 Å². The number of imide groups is 1. The highest BCUT2D eigenvalue weighted by Crippen LogP contribution is 2.68. The number of carbonyl (C=O) groups is 3.